The molecule has 0 unspecified atom stereocenters. The largest absolute Gasteiger partial charge is 0.396 e. The van der Waals surface area contributed by atoms with Crippen molar-refractivity contribution in [2.45, 2.75) is 24.7 Å². The highest BCUT2D eigenvalue weighted by molar-refractivity contribution is 9.10. The molecule has 0 spiro atoms. The lowest BCUT2D eigenvalue weighted by atomic mass is 9.50. The zero-order valence-corrected chi connectivity index (χ0v) is 11.4. The minimum Gasteiger partial charge on any atom is -0.396 e. The van der Waals surface area contributed by atoms with Crippen LogP contribution in [0.5, 0.6) is 0 Å². The van der Waals surface area contributed by atoms with Crippen LogP contribution in [0.25, 0.3) is 0 Å². The lowest BCUT2D eigenvalue weighted by Gasteiger charge is -2.59. The standard InChI is InChI=1S/C14H17BrO2/c15-12-4-2-11(3-5-12)14(9-17-10-14)13(8-16)6-1-7-13/h2-5,16H,1,6-10H2. The number of benzene rings is 1. The highest BCUT2D eigenvalue weighted by Crippen LogP contribution is 2.58. The van der Waals surface area contributed by atoms with E-state index in [1.165, 1.54) is 12.0 Å². The number of hydrogen-bond donors (Lipinski definition) is 1. The molecule has 0 aromatic heterocycles. The Morgan fingerprint density at radius 1 is 1.18 bits per heavy atom. The van der Waals surface area contributed by atoms with Crippen molar-refractivity contribution in [2.75, 3.05) is 19.8 Å². The first-order chi connectivity index (χ1) is 8.22. The fourth-order valence-electron chi connectivity index (χ4n) is 3.25. The average Bonchev–Trinajstić information content (AvgIpc) is 2.22. The van der Waals surface area contributed by atoms with Crippen LogP contribution in [-0.2, 0) is 10.2 Å². The molecule has 92 valence electrons. The topological polar surface area (TPSA) is 29.5 Å². The molecule has 1 aromatic carbocycles. The molecular formula is C14H17BrO2. The predicted molar refractivity (Wildman–Crippen MR) is 70.0 cm³/mol. The molecule has 2 aliphatic rings. The van der Waals surface area contributed by atoms with Gasteiger partial charge in [-0.1, -0.05) is 34.5 Å². The summed E-state index contributed by atoms with van der Waals surface area (Å²) < 4.78 is 6.58. The van der Waals surface area contributed by atoms with Gasteiger partial charge in [-0.15, -0.1) is 0 Å². The lowest BCUT2D eigenvalue weighted by Crippen LogP contribution is -2.63. The molecule has 0 atom stereocenters. The molecule has 1 saturated carbocycles. The fraction of sp³-hybridized carbons (Fsp3) is 0.571. The fourth-order valence-corrected chi connectivity index (χ4v) is 3.51. The quantitative estimate of drug-likeness (QED) is 0.929. The number of aliphatic hydroxyl groups is 1. The van der Waals surface area contributed by atoms with Crippen molar-refractivity contribution in [1.29, 1.82) is 0 Å². The third-order valence-electron chi connectivity index (χ3n) is 4.72. The molecule has 1 heterocycles. The van der Waals surface area contributed by atoms with E-state index in [9.17, 15) is 5.11 Å². The van der Waals surface area contributed by atoms with Gasteiger partial charge in [0.1, 0.15) is 0 Å². The number of halogens is 1. The summed E-state index contributed by atoms with van der Waals surface area (Å²) >= 11 is 3.47. The molecule has 2 nitrogen and oxygen atoms in total. The predicted octanol–water partition coefficient (Wildman–Crippen LogP) is 2.88. The van der Waals surface area contributed by atoms with Crippen LogP contribution >= 0.6 is 15.9 Å². The van der Waals surface area contributed by atoms with E-state index in [2.05, 4.69) is 40.2 Å². The van der Waals surface area contributed by atoms with Crippen LogP contribution in [0, 0.1) is 5.41 Å². The molecule has 1 aliphatic carbocycles. The van der Waals surface area contributed by atoms with Crippen molar-refractivity contribution in [3.8, 4) is 0 Å². The molecule has 0 amide bonds. The van der Waals surface area contributed by atoms with Crippen molar-refractivity contribution in [2.24, 2.45) is 5.41 Å². The molecule has 0 radical (unpaired) electrons. The summed E-state index contributed by atoms with van der Waals surface area (Å²) in [6.07, 6.45) is 3.49. The molecule has 1 saturated heterocycles. The van der Waals surface area contributed by atoms with Gasteiger partial charge in [-0.3, -0.25) is 0 Å². The molecule has 2 fully saturated rings. The maximum Gasteiger partial charge on any atom is 0.0591 e. The second kappa shape index (κ2) is 4.08. The van der Waals surface area contributed by atoms with Gasteiger partial charge in [0.15, 0.2) is 0 Å². The summed E-state index contributed by atoms with van der Waals surface area (Å²) in [6, 6.07) is 8.50. The Kier molecular flexibility index (Phi) is 2.80. The number of aliphatic hydroxyl groups excluding tert-OH is 1. The Hall–Kier alpha value is -0.380. The summed E-state index contributed by atoms with van der Waals surface area (Å²) in [7, 11) is 0. The summed E-state index contributed by atoms with van der Waals surface area (Å²) in [6.45, 7) is 1.80. The van der Waals surface area contributed by atoms with Crippen LogP contribution in [0.3, 0.4) is 0 Å². The van der Waals surface area contributed by atoms with Gasteiger partial charge in [0.25, 0.3) is 0 Å². The highest BCUT2D eigenvalue weighted by Gasteiger charge is 2.59. The SMILES string of the molecule is OCC1(C2(c3ccc(Br)cc3)COC2)CCC1. The van der Waals surface area contributed by atoms with Crippen LogP contribution < -0.4 is 0 Å². The molecule has 0 bridgehead atoms. The van der Waals surface area contributed by atoms with E-state index < -0.39 is 0 Å². The Labute approximate surface area is 110 Å². The monoisotopic (exact) mass is 296 g/mol. The summed E-state index contributed by atoms with van der Waals surface area (Å²) in [5.41, 5.74) is 1.44. The van der Waals surface area contributed by atoms with E-state index >= 15 is 0 Å². The molecule has 1 aliphatic heterocycles. The third kappa shape index (κ3) is 1.52. The lowest BCUT2D eigenvalue weighted by molar-refractivity contribution is -0.173. The van der Waals surface area contributed by atoms with Gasteiger partial charge in [-0.2, -0.15) is 0 Å². The first-order valence-electron chi connectivity index (χ1n) is 6.17. The minimum atomic E-state index is 0.0563. The summed E-state index contributed by atoms with van der Waals surface area (Å²) in [5, 5.41) is 9.79. The minimum absolute atomic E-state index is 0.0563. The summed E-state index contributed by atoms with van der Waals surface area (Å²) in [4.78, 5) is 0. The average molecular weight is 297 g/mol. The first kappa shape index (κ1) is 11.7. The van der Waals surface area contributed by atoms with Crippen LogP contribution in [0.4, 0.5) is 0 Å². The maximum atomic E-state index is 9.79. The van der Waals surface area contributed by atoms with E-state index in [0.717, 1.165) is 30.5 Å². The number of hydrogen-bond acceptors (Lipinski definition) is 2. The molecule has 3 heteroatoms. The van der Waals surface area contributed by atoms with Crippen molar-refractivity contribution in [3.05, 3.63) is 34.3 Å². The van der Waals surface area contributed by atoms with Crippen molar-refractivity contribution < 1.29 is 9.84 Å². The zero-order valence-electron chi connectivity index (χ0n) is 9.79. The first-order valence-corrected chi connectivity index (χ1v) is 6.96. The molecule has 3 rings (SSSR count). The van der Waals surface area contributed by atoms with Gasteiger partial charge < -0.3 is 9.84 Å². The van der Waals surface area contributed by atoms with Crippen LogP contribution in [0.2, 0.25) is 0 Å². The van der Waals surface area contributed by atoms with Crippen LogP contribution in [0.15, 0.2) is 28.7 Å². The van der Waals surface area contributed by atoms with Gasteiger partial charge >= 0.3 is 0 Å². The normalized spacial score (nSPS) is 24.8. The molecule has 1 aromatic rings. The van der Waals surface area contributed by atoms with E-state index in [1.807, 2.05) is 0 Å². The highest BCUT2D eigenvalue weighted by atomic mass is 79.9. The Morgan fingerprint density at radius 3 is 2.18 bits per heavy atom. The van der Waals surface area contributed by atoms with E-state index in [1.54, 1.807) is 0 Å². The molecule has 17 heavy (non-hydrogen) atoms. The van der Waals surface area contributed by atoms with E-state index in [4.69, 9.17) is 4.74 Å². The van der Waals surface area contributed by atoms with Crippen molar-refractivity contribution in [1.82, 2.24) is 0 Å². The van der Waals surface area contributed by atoms with Crippen LogP contribution in [-0.4, -0.2) is 24.9 Å². The van der Waals surface area contributed by atoms with Gasteiger partial charge in [-0.05, 0) is 30.5 Å². The molecule has 1 N–H and O–H groups in total. The second-order valence-corrected chi connectivity index (χ2v) is 6.29. The second-order valence-electron chi connectivity index (χ2n) is 5.37. The Morgan fingerprint density at radius 2 is 1.82 bits per heavy atom. The van der Waals surface area contributed by atoms with Crippen molar-refractivity contribution >= 4 is 15.9 Å². The smallest absolute Gasteiger partial charge is 0.0591 e. The van der Waals surface area contributed by atoms with Gasteiger partial charge in [-0.25, -0.2) is 0 Å². The number of ether oxygens (including phenoxy) is 1. The zero-order chi connectivity index (χ0) is 11.9. The third-order valence-corrected chi connectivity index (χ3v) is 5.25. The maximum absolute atomic E-state index is 9.79. The van der Waals surface area contributed by atoms with Gasteiger partial charge in [0, 0.05) is 21.9 Å². The Balaban J connectivity index is 1.99. The molecular weight excluding hydrogens is 280 g/mol. The van der Waals surface area contributed by atoms with Gasteiger partial charge in [0.05, 0.1) is 13.2 Å². The van der Waals surface area contributed by atoms with Gasteiger partial charge in [0.2, 0.25) is 0 Å². The van der Waals surface area contributed by atoms with Crippen LogP contribution in [0.1, 0.15) is 24.8 Å². The number of rotatable bonds is 3. The van der Waals surface area contributed by atoms with Crippen molar-refractivity contribution in [3.63, 3.8) is 0 Å². The Bertz CT molecular complexity index is 399. The summed E-state index contributed by atoms with van der Waals surface area (Å²) in [5.74, 6) is 0. The van der Waals surface area contributed by atoms with E-state index in [-0.39, 0.29) is 17.4 Å². The van der Waals surface area contributed by atoms with E-state index in [0.29, 0.717) is 0 Å².